The summed E-state index contributed by atoms with van der Waals surface area (Å²) in [4.78, 5) is 14.3. The van der Waals surface area contributed by atoms with Crippen molar-refractivity contribution >= 4 is 5.91 Å². The molecule has 0 saturated carbocycles. The fourth-order valence-corrected chi connectivity index (χ4v) is 3.03. The van der Waals surface area contributed by atoms with Crippen LogP contribution in [0.3, 0.4) is 0 Å². The van der Waals surface area contributed by atoms with Crippen LogP contribution >= 0.6 is 0 Å². The molecule has 2 rings (SSSR count). The molecule has 2 atom stereocenters. The summed E-state index contributed by atoms with van der Waals surface area (Å²) in [7, 11) is 0. The number of nitrogens with zero attached hydrogens (tertiary/aromatic N) is 1. The first-order valence-corrected chi connectivity index (χ1v) is 7.90. The van der Waals surface area contributed by atoms with Crippen LogP contribution in [0.25, 0.3) is 0 Å². The molecule has 1 aromatic rings. The van der Waals surface area contributed by atoms with Gasteiger partial charge in [-0.15, -0.1) is 0 Å². The number of benzene rings is 1. The standard InChI is InChI=1S/C17H25FN2O/c1-3-20(13(2)14-6-8-15(18)9-7-14)17(21)11-10-16-5-4-12-19-16/h6-9,13,16,19H,3-5,10-12H2,1-2H3. The highest BCUT2D eigenvalue weighted by molar-refractivity contribution is 5.76. The number of rotatable bonds is 6. The second-order valence-corrected chi connectivity index (χ2v) is 5.74. The molecule has 0 aromatic heterocycles. The van der Waals surface area contributed by atoms with Gasteiger partial charge in [0.2, 0.25) is 5.91 Å². The smallest absolute Gasteiger partial charge is 0.223 e. The van der Waals surface area contributed by atoms with Crippen LogP contribution in [0, 0.1) is 5.82 Å². The lowest BCUT2D eigenvalue weighted by molar-refractivity contribution is -0.133. The molecule has 1 saturated heterocycles. The average molecular weight is 292 g/mol. The maximum atomic E-state index is 13.0. The van der Waals surface area contributed by atoms with E-state index in [0.717, 1.165) is 18.5 Å². The first-order valence-electron chi connectivity index (χ1n) is 7.90. The van der Waals surface area contributed by atoms with E-state index in [1.807, 2.05) is 18.7 Å². The molecule has 2 unspecified atom stereocenters. The third-order valence-electron chi connectivity index (χ3n) is 4.35. The zero-order valence-electron chi connectivity index (χ0n) is 12.9. The van der Waals surface area contributed by atoms with E-state index in [0.29, 0.717) is 19.0 Å². The summed E-state index contributed by atoms with van der Waals surface area (Å²) in [5, 5.41) is 3.42. The van der Waals surface area contributed by atoms with Gasteiger partial charge in [0, 0.05) is 19.0 Å². The minimum absolute atomic E-state index is 0.0142. The zero-order valence-corrected chi connectivity index (χ0v) is 12.9. The second kappa shape index (κ2) is 7.55. The molecule has 1 amide bonds. The summed E-state index contributed by atoms with van der Waals surface area (Å²) in [6.07, 6.45) is 3.87. The van der Waals surface area contributed by atoms with Crippen molar-refractivity contribution in [2.45, 2.75) is 51.6 Å². The van der Waals surface area contributed by atoms with Crippen molar-refractivity contribution in [3.63, 3.8) is 0 Å². The molecule has 1 aliphatic heterocycles. The van der Waals surface area contributed by atoms with Gasteiger partial charge in [-0.25, -0.2) is 4.39 Å². The van der Waals surface area contributed by atoms with Gasteiger partial charge in [-0.2, -0.15) is 0 Å². The predicted molar refractivity (Wildman–Crippen MR) is 82.5 cm³/mol. The Labute approximate surface area is 126 Å². The fourth-order valence-electron chi connectivity index (χ4n) is 3.03. The van der Waals surface area contributed by atoms with Crippen molar-refractivity contribution in [3.05, 3.63) is 35.6 Å². The Bertz CT molecular complexity index is 454. The van der Waals surface area contributed by atoms with Crippen LogP contribution in [0.5, 0.6) is 0 Å². The van der Waals surface area contributed by atoms with E-state index in [1.54, 1.807) is 12.1 Å². The molecule has 1 aromatic carbocycles. The molecule has 116 valence electrons. The monoisotopic (exact) mass is 292 g/mol. The van der Waals surface area contributed by atoms with Crippen molar-refractivity contribution in [3.8, 4) is 0 Å². The van der Waals surface area contributed by atoms with Crippen LogP contribution in [-0.2, 0) is 4.79 Å². The topological polar surface area (TPSA) is 32.3 Å². The van der Waals surface area contributed by atoms with Crippen molar-refractivity contribution in [2.24, 2.45) is 0 Å². The predicted octanol–water partition coefficient (Wildman–Crippen LogP) is 3.27. The highest BCUT2D eigenvalue weighted by Gasteiger charge is 2.22. The zero-order chi connectivity index (χ0) is 15.2. The molecule has 3 nitrogen and oxygen atoms in total. The van der Waals surface area contributed by atoms with Crippen molar-refractivity contribution in [1.29, 1.82) is 0 Å². The van der Waals surface area contributed by atoms with Crippen molar-refractivity contribution in [2.75, 3.05) is 13.1 Å². The first-order chi connectivity index (χ1) is 10.1. The van der Waals surface area contributed by atoms with E-state index >= 15 is 0 Å². The lowest BCUT2D eigenvalue weighted by Crippen LogP contribution is -2.34. The van der Waals surface area contributed by atoms with Gasteiger partial charge in [-0.3, -0.25) is 4.79 Å². The maximum absolute atomic E-state index is 13.0. The van der Waals surface area contributed by atoms with Crippen LogP contribution in [0.15, 0.2) is 24.3 Å². The molecular formula is C17H25FN2O. The Morgan fingerprint density at radius 2 is 2.14 bits per heavy atom. The van der Waals surface area contributed by atoms with Crippen molar-refractivity contribution in [1.82, 2.24) is 10.2 Å². The Balaban J connectivity index is 1.93. The number of carbonyl (C=O) groups excluding carboxylic acids is 1. The summed E-state index contributed by atoms with van der Waals surface area (Å²) in [5.41, 5.74) is 0.977. The van der Waals surface area contributed by atoms with Crippen LogP contribution in [0.4, 0.5) is 4.39 Å². The molecule has 0 aliphatic carbocycles. The van der Waals surface area contributed by atoms with Gasteiger partial charge in [-0.05, 0) is 57.4 Å². The summed E-state index contributed by atoms with van der Waals surface area (Å²) >= 11 is 0. The van der Waals surface area contributed by atoms with Crippen LogP contribution in [0.1, 0.15) is 51.1 Å². The highest BCUT2D eigenvalue weighted by atomic mass is 19.1. The lowest BCUT2D eigenvalue weighted by Gasteiger charge is -2.29. The normalized spacial score (nSPS) is 19.5. The average Bonchev–Trinajstić information content (AvgIpc) is 3.00. The number of amides is 1. The molecular weight excluding hydrogens is 267 g/mol. The van der Waals surface area contributed by atoms with Crippen LogP contribution in [0.2, 0.25) is 0 Å². The molecule has 21 heavy (non-hydrogen) atoms. The third-order valence-corrected chi connectivity index (χ3v) is 4.35. The van der Waals surface area contributed by atoms with E-state index in [1.165, 1.54) is 25.0 Å². The summed E-state index contributed by atoms with van der Waals surface area (Å²) in [6.45, 7) is 5.74. The quantitative estimate of drug-likeness (QED) is 0.873. The molecule has 1 fully saturated rings. The fraction of sp³-hybridized carbons (Fsp3) is 0.588. The molecule has 1 aliphatic rings. The lowest BCUT2D eigenvalue weighted by atomic mass is 10.0. The van der Waals surface area contributed by atoms with Gasteiger partial charge >= 0.3 is 0 Å². The first kappa shape index (κ1) is 16.0. The van der Waals surface area contributed by atoms with Crippen LogP contribution < -0.4 is 5.32 Å². The summed E-state index contributed by atoms with van der Waals surface area (Å²) < 4.78 is 13.0. The maximum Gasteiger partial charge on any atom is 0.223 e. The van der Waals surface area contributed by atoms with Gasteiger partial charge in [-0.1, -0.05) is 12.1 Å². The van der Waals surface area contributed by atoms with Gasteiger partial charge in [0.25, 0.3) is 0 Å². The van der Waals surface area contributed by atoms with Gasteiger partial charge in [0.1, 0.15) is 5.82 Å². The van der Waals surface area contributed by atoms with E-state index < -0.39 is 0 Å². The number of halogens is 1. The number of carbonyl (C=O) groups is 1. The molecule has 1 N–H and O–H groups in total. The van der Waals surface area contributed by atoms with E-state index in [4.69, 9.17) is 0 Å². The Morgan fingerprint density at radius 3 is 2.71 bits per heavy atom. The van der Waals surface area contributed by atoms with E-state index in [2.05, 4.69) is 5.32 Å². The van der Waals surface area contributed by atoms with E-state index in [9.17, 15) is 9.18 Å². The molecule has 4 heteroatoms. The second-order valence-electron chi connectivity index (χ2n) is 5.74. The highest BCUT2D eigenvalue weighted by Crippen LogP contribution is 2.22. The SMILES string of the molecule is CCN(C(=O)CCC1CCCN1)C(C)c1ccc(F)cc1. The van der Waals surface area contributed by atoms with Gasteiger partial charge < -0.3 is 10.2 Å². The minimum Gasteiger partial charge on any atom is -0.336 e. The summed E-state index contributed by atoms with van der Waals surface area (Å²) in [6, 6.07) is 6.90. The molecule has 0 bridgehead atoms. The molecule has 0 spiro atoms. The Kier molecular flexibility index (Phi) is 5.74. The summed E-state index contributed by atoms with van der Waals surface area (Å²) in [5.74, 6) is -0.0596. The largest absolute Gasteiger partial charge is 0.336 e. The Hall–Kier alpha value is -1.42. The molecule has 0 radical (unpaired) electrons. The Morgan fingerprint density at radius 1 is 1.43 bits per heavy atom. The van der Waals surface area contributed by atoms with Crippen molar-refractivity contribution < 1.29 is 9.18 Å². The van der Waals surface area contributed by atoms with E-state index in [-0.39, 0.29) is 17.8 Å². The minimum atomic E-state index is -0.243. The van der Waals surface area contributed by atoms with Gasteiger partial charge in [0.05, 0.1) is 6.04 Å². The number of hydrogen-bond acceptors (Lipinski definition) is 2. The van der Waals surface area contributed by atoms with Gasteiger partial charge in [0.15, 0.2) is 0 Å². The molecule has 1 heterocycles. The number of nitrogens with one attached hydrogen (secondary N) is 1. The van der Waals surface area contributed by atoms with Crippen LogP contribution in [-0.4, -0.2) is 29.9 Å². The number of hydrogen-bond donors (Lipinski definition) is 1. The third kappa shape index (κ3) is 4.27.